The molecule has 1 rings (SSSR count). The molecule has 0 aromatic carbocycles. The Hall–Kier alpha value is -1.46. The molecule has 0 fully saturated rings. The molecule has 78 valence electrons. The van der Waals surface area contributed by atoms with E-state index in [1.807, 2.05) is 13.8 Å². The first kappa shape index (κ1) is 10.6. The van der Waals surface area contributed by atoms with Crippen molar-refractivity contribution in [2.24, 2.45) is 0 Å². The molecule has 0 spiro atoms. The highest BCUT2D eigenvalue weighted by Crippen LogP contribution is 2.17. The number of hydrogen-bond donors (Lipinski definition) is 1. The van der Waals surface area contributed by atoms with E-state index >= 15 is 0 Å². The van der Waals surface area contributed by atoms with Crippen LogP contribution in [0.2, 0.25) is 0 Å². The first-order valence-electron chi connectivity index (χ1n) is 4.58. The normalized spacial score (nSPS) is 15.1. The molecule has 0 radical (unpaired) electrons. The summed E-state index contributed by atoms with van der Waals surface area (Å²) in [7, 11) is 0. The molecule has 1 N–H and O–H groups in total. The number of rotatable bonds is 4. The van der Waals surface area contributed by atoms with E-state index in [0.717, 1.165) is 6.42 Å². The van der Waals surface area contributed by atoms with Crippen LogP contribution in [0.5, 0.6) is 0 Å². The summed E-state index contributed by atoms with van der Waals surface area (Å²) in [6.07, 6.45) is 0.882. The van der Waals surface area contributed by atoms with E-state index in [-0.39, 0.29) is 5.92 Å². The molecule has 14 heavy (non-hydrogen) atoms. The Bertz CT molecular complexity index is 323. The predicted molar refractivity (Wildman–Crippen MR) is 48.9 cm³/mol. The van der Waals surface area contributed by atoms with Crippen molar-refractivity contribution in [2.75, 3.05) is 0 Å². The van der Waals surface area contributed by atoms with Crippen LogP contribution in [0.4, 0.5) is 0 Å². The smallest absolute Gasteiger partial charge is 0.328 e. The maximum Gasteiger partial charge on any atom is 0.328 e. The van der Waals surface area contributed by atoms with Crippen molar-refractivity contribution in [1.82, 2.24) is 20.2 Å². The SMILES string of the molecule is CCC(C)c1nnnn1C(C)C(=O)O. The quantitative estimate of drug-likeness (QED) is 0.775. The first-order valence-corrected chi connectivity index (χ1v) is 4.58. The lowest BCUT2D eigenvalue weighted by Gasteiger charge is -2.11. The van der Waals surface area contributed by atoms with Crippen molar-refractivity contribution in [3.8, 4) is 0 Å². The molecule has 1 aromatic rings. The summed E-state index contributed by atoms with van der Waals surface area (Å²) in [4.78, 5) is 10.7. The predicted octanol–water partition coefficient (Wildman–Crippen LogP) is 0.832. The van der Waals surface area contributed by atoms with Gasteiger partial charge in [0.15, 0.2) is 5.82 Å². The van der Waals surface area contributed by atoms with Crippen LogP contribution < -0.4 is 0 Å². The van der Waals surface area contributed by atoms with Gasteiger partial charge in [-0.25, -0.2) is 9.48 Å². The second-order valence-electron chi connectivity index (χ2n) is 3.31. The summed E-state index contributed by atoms with van der Waals surface area (Å²) >= 11 is 0. The van der Waals surface area contributed by atoms with Crippen molar-refractivity contribution in [2.45, 2.75) is 39.2 Å². The van der Waals surface area contributed by atoms with Crippen LogP contribution in [0.3, 0.4) is 0 Å². The number of carbonyl (C=O) groups is 1. The fourth-order valence-corrected chi connectivity index (χ4v) is 1.09. The number of aromatic nitrogens is 4. The minimum atomic E-state index is -0.929. The molecule has 6 heteroatoms. The molecule has 0 aliphatic carbocycles. The zero-order chi connectivity index (χ0) is 10.7. The fourth-order valence-electron chi connectivity index (χ4n) is 1.09. The summed E-state index contributed by atoms with van der Waals surface area (Å²) in [6.45, 7) is 5.54. The van der Waals surface area contributed by atoms with Gasteiger partial charge in [0, 0.05) is 5.92 Å². The lowest BCUT2D eigenvalue weighted by Crippen LogP contribution is -2.20. The summed E-state index contributed by atoms with van der Waals surface area (Å²) in [6, 6.07) is -0.714. The van der Waals surface area contributed by atoms with Crippen LogP contribution in [0, 0.1) is 0 Å². The van der Waals surface area contributed by atoms with Crippen molar-refractivity contribution in [1.29, 1.82) is 0 Å². The van der Waals surface area contributed by atoms with Crippen molar-refractivity contribution in [3.05, 3.63) is 5.82 Å². The van der Waals surface area contributed by atoms with E-state index in [9.17, 15) is 4.79 Å². The van der Waals surface area contributed by atoms with Crippen LogP contribution in [0.25, 0.3) is 0 Å². The number of nitrogens with zero attached hydrogens (tertiary/aromatic N) is 4. The van der Waals surface area contributed by atoms with Gasteiger partial charge in [0.05, 0.1) is 0 Å². The molecule has 0 saturated carbocycles. The third-order valence-corrected chi connectivity index (χ3v) is 2.30. The molecular weight excluding hydrogens is 184 g/mol. The first-order chi connectivity index (χ1) is 6.57. The maximum absolute atomic E-state index is 10.7. The lowest BCUT2D eigenvalue weighted by molar-refractivity contribution is -0.140. The second-order valence-corrected chi connectivity index (χ2v) is 3.31. The number of tetrazole rings is 1. The molecule has 1 heterocycles. The molecule has 0 bridgehead atoms. The number of aliphatic carboxylic acids is 1. The molecule has 2 unspecified atom stereocenters. The molecule has 2 atom stereocenters. The standard InChI is InChI=1S/C8H14N4O2/c1-4-5(2)7-9-10-11-12(7)6(3)8(13)14/h5-6H,4H2,1-3H3,(H,13,14). The molecule has 1 aromatic heterocycles. The molecule has 0 amide bonds. The van der Waals surface area contributed by atoms with Crippen LogP contribution in [0.1, 0.15) is 45.0 Å². The van der Waals surface area contributed by atoms with Gasteiger partial charge < -0.3 is 5.11 Å². The monoisotopic (exact) mass is 198 g/mol. The average molecular weight is 198 g/mol. The highest BCUT2D eigenvalue weighted by atomic mass is 16.4. The van der Waals surface area contributed by atoms with E-state index in [1.54, 1.807) is 6.92 Å². The number of carboxylic acids is 1. The van der Waals surface area contributed by atoms with E-state index in [4.69, 9.17) is 5.11 Å². The van der Waals surface area contributed by atoms with Crippen molar-refractivity contribution < 1.29 is 9.90 Å². The topological polar surface area (TPSA) is 80.9 Å². The number of carboxylic acid groups (broad SMARTS) is 1. The Morgan fingerprint density at radius 3 is 2.71 bits per heavy atom. The minimum absolute atomic E-state index is 0.173. The van der Waals surface area contributed by atoms with Crippen molar-refractivity contribution in [3.63, 3.8) is 0 Å². The molecule has 0 aliphatic rings. The van der Waals surface area contributed by atoms with Gasteiger partial charge in [-0.1, -0.05) is 13.8 Å². The largest absolute Gasteiger partial charge is 0.480 e. The molecular formula is C8H14N4O2. The lowest BCUT2D eigenvalue weighted by atomic mass is 10.1. The number of hydrogen-bond acceptors (Lipinski definition) is 4. The van der Waals surface area contributed by atoms with E-state index < -0.39 is 12.0 Å². The van der Waals surface area contributed by atoms with E-state index in [1.165, 1.54) is 4.68 Å². The Kier molecular flexibility index (Phi) is 3.16. The van der Waals surface area contributed by atoms with Gasteiger partial charge in [-0.05, 0) is 23.8 Å². The van der Waals surface area contributed by atoms with E-state index in [0.29, 0.717) is 5.82 Å². The van der Waals surface area contributed by atoms with Crippen LogP contribution >= 0.6 is 0 Å². The molecule has 0 saturated heterocycles. The third kappa shape index (κ3) is 1.89. The van der Waals surface area contributed by atoms with Gasteiger partial charge in [0.25, 0.3) is 0 Å². The maximum atomic E-state index is 10.7. The zero-order valence-electron chi connectivity index (χ0n) is 8.51. The zero-order valence-corrected chi connectivity index (χ0v) is 8.51. The van der Waals surface area contributed by atoms with Gasteiger partial charge in [0.2, 0.25) is 0 Å². The summed E-state index contributed by atoms with van der Waals surface area (Å²) < 4.78 is 1.36. The second kappa shape index (κ2) is 4.17. The van der Waals surface area contributed by atoms with Gasteiger partial charge in [-0.3, -0.25) is 0 Å². The summed E-state index contributed by atoms with van der Waals surface area (Å²) in [5.74, 6) is -0.129. The van der Waals surface area contributed by atoms with E-state index in [2.05, 4.69) is 15.5 Å². The Balaban J connectivity index is 2.98. The van der Waals surface area contributed by atoms with Gasteiger partial charge in [-0.2, -0.15) is 0 Å². The average Bonchev–Trinajstić information content (AvgIpc) is 2.63. The minimum Gasteiger partial charge on any atom is -0.480 e. The summed E-state index contributed by atoms with van der Waals surface area (Å²) in [5.41, 5.74) is 0. The van der Waals surface area contributed by atoms with Crippen LogP contribution in [-0.2, 0) is 4.79 Å². The highest BCUT2D eigenvalue weighted by molar-refractivity contribution is 5.71. The fraction of sp³-hybridized carbons (Fsp3) is 0.750. The third-order valence-electron chi connectivity index (χ3n) is 2.30. The van der Waals surface area contributed by atoms with Crippen LogP contribution in [0.15, 0.2) is 0 Å². The van der Waals surface area contributed by atoms with Gasteiger partial charge in [0.1, 0.15) is 6.04 Å². The van der Waals surface area contributed by atoms with Gasteiger partial charge >= 0.3 is 5.97 Å². The van der Waals surface area contributed by atoms with Crippen molar-refractivity contribution >= 4 is 5.97 Å². The molecule has 0 aliphatic heterocycles. The Morgan fingerprint density at radius 1 is 1.57 bits per heavy atom. The summed E-state index contributed by atoms with van der Waals surface area (Å²) in [5, 5.41) is 19.8. The molecule has 6 nitrogen and oxygen atoms in total. The Morgan fingerprint density at radius 2 is 2.21 bits per heavy atom. The Labute approximate surface area is 81.9 Å². The van der Waals surface area contributed by atoms with Crippen LogP contribution in [-0.4, -0.2) is 31.3 Å². The highest BCUT2D eigenvalue weighted by Gasteiger charge is 2.21. The van der Waals surface area contributed by atoms with Gasteiger partial charge in [-0.15, -0.1) is 5.10 Å².